The van der Waals surface area contributed by atoms with E-state index in [0.29, 0.717) is 0 Å². The van der Waals surface area contributed by atoms with Gasteiger partial charge in [-0.2, -0.15) is 0 Å². The standard InChI is InChI=1S/C48H33N/c1-2-9-34(10-3-1)36-21-26-44(27-22-36)49(46-30-25-35-11-4-5-13-39(35)33-46)45-28-23-37(24-29-45)40-17-18-42-32-43(20-19-41(42)31-40)48-16-8-14-38-12-6-7-15-47(38)48/h1-33H. The Kier molecular flexibility index (Phi) is 7.22. The first kappa shape index (κ1) is 28.8. The van der Waals surface area contributed by atoms with E-state index in [-0.39, 0.29) is 0 Å². The van der Waals surface area contributed by atoms with Crippen LogP contribution < -0.4 is 4.90 Å². The molecule has 49 heavy (non-hydrogen) atoms. The Labute approximate surface area is 287 Å². The average molecular weight is 624 g/mol. The molecule has 1 heteroatoms. The average Bonchev–Trinajstić information content (AvgIpc) is 3.18. The molecule has 0 aliphatic heterocycles. The molecule has 0 bridgehead atoms. The van der Waals surface area contributed by atoms with Gasteiger partial charge in [0.15, 0.2) is 0 Å². The maximum absolute atomic E-state index is 2.35. The highest BCUT2D eigenvalue weighted by atomic mass is 15.1. The van der Waals surface area contributed by atoms with E-state index in [4.69, 9.17) is 0 Å². The number of hydrogen-bond donors (Lipinski definition) is 0. The number of rotatable bonds is 6. The van der Waals surface area contributed by atoms with Gasteiger partial charge in [-0.1, -0.05) is 152 Å². The third-order valence-corrected chi connectivity index (χ3v) is 9.62. The zero-order valence-electron chi connectivity index (χ0n) is 27.0. The fraction of sp³-hybridized carbons (Fsp3) is 0. The SMILES string of the molecule is c1ccc(-c2ccc(N(c3ccc(-c4ccc5cc(-c6cccc7ccccc67)ccc5c4)cc3)c3ccc4ccccc4c3)cc2)cc1. The van der Waals surface area contributed by atoms with Crippen molar-refractivity contribution >= 4 is 49.4 Å². The molecule has 0 saturated carbocycles. The van der Waals surface area contributed by atoms with Gasteiger partial charge in [-0.05, 0) is 114 Å². The number of anilines is 3. The first-order valence-electron chi connectivity index (χ1n) is 16.8. The predicted molar refractivity (Wildman–Crippen MR) is 210 cm³/mol. The molecule has 0 heterocycles. The molecule has 0 N–H and O–H groups in total. The highest BCUT2D eigenvalue weighted by molar-refractivity contribution is 5.99. The largest absolute Gasteiger partial charge is 0.310 e. The summed E-state index contributed by atoms with van der Waals surface area (Å²) in [6.07, 6.45) is 0. The van der Waals surface area contributed by atoms with Gasteiger partial charge in [0.05, 0.1) is 0 Å². The number of benzene rings is 9. The molecule has 1 nitrogen and oxygen atoms in total. The summed E-state index contributed by atoms with van der Waals surface area (Å²) < 4.78 is 0. The molecule has 0 aliphatic carbocycles. The molecular formula is C48H33N. The van der Waals surface area contributed by atoms with E-state index < -0.39 is 0 Å². The number of fused-ring (bicyclic) bond motifs is 3. The van der Waals surface area contributed by atoms with Crippen molar-refractivity contribution in [2.45, 2.75) is 0 Å². The van der Waals surface area contributed by atoms with E-state index in [0.717, 1.165) is 17.1 Å². The third kappa shape index (κ3) is 5.52. The molecule has 0 radical (unpaired) electrons. The van der Waals surface area contributed by atoms with Crippen molar-refractivity contribution in [3.63, 3.8) is 0 Å². The summed E-state index contributed by atoms with van der Waals surface area (Å²) in [5.41, 5.74) is 10.7. The maximum atomic E-state index is 2.35. The van der Waals surface area contributed by atoms with Gasteiger partial charge in [-0.25, -0.2) is 0 Å². The molecule has 9 rings (SSSR count). The van der Waals surface area contributed by atoms with Crippen LogP contribution in [0, 0.1) is 0 Å². The van der Waals surface area contributed by atoms with E-state index in [1.165, 1.54) is 65.7 Å². The highest BCUT2D eigenvalue weighted by Crippen LogP contribution is 2.39. The van der Waals surface area contributed by atoms with Crippen LogP contribution in [-0.2, 0) is 0 Å². The summed E-state index contributed by atoms with van der Waals surface area (Å²) in [5.74, 6) is 0. The minimum atomic E-state index is 1.12. The van der Waals surface area contributed by atoms with Gasteiger partial charge in [-0.15, -0.1) is 0 Å². The Morgan fingerprint density at radius 1 is 0.245 bits per heavy atom. The summed E-state index contributed by atoms with van der Waals surface area (Å²) in [7, 11) is 0. The van der Waals surface area contributed by atoms with Crippen molar-refractivity contribution in [2.75, 3.05) is 4.90 Å². The van der Waals surface area contributed by atoms with Crippen LogP contribution in [0.5, 0.6) is 0 Å². The third-order valence-electron chi connectivity index (χ3n) is 9.62. The summed E-state index contributed by atoms with van der Waals surface area (Å²) in [6.45, 7) is 0. The van der Waals surface area contributed by atoms with Crippen molar-refractivity contribution < 1.29 is 0 Å². The summed E-state index contributed by atoms with van der Waals surface area (Å²) in [4.78, 5) is 2.35. The van der Waals surface area contributed by atoms with Gasteiger partial charge in [0.2, 0.25) is 0 Å². The lowest BCUT2D eigenvalue weighted by Crippen LogP contribution is -2.09. The summed E-state index contributed by atoms with van der Waals surface area (Å²) in [6, 6.07) is 72.4. The Bertz CT molecular complexity index is 2580. The van der Waals surface area contributed by atoms with E-state index in [1.54, 1.807) is 0 Å². The normalized spacial score (nSPS) is 11.3. The molecule has 0 saturated heterocycles. The molecule has 9 aromatic carbocycles. The second kappa shape index (κ2) is 12.3. The van der Waals surface area contributed by atoms with Crippen LogP contribution in [-0.4, -0.2) is 0 Å². The van der Waals surface area contributed by atoms with Gasteiger partial charge in [0, 0.05) is 17.1 Å². The van der Waals surface area contributed by atoms with Crippen LogP contribution in [0.15, 0.2) is 200 Å². The lowest BCUT2D eigenvalue weighted by Gasteiger charge is -2.26. The van der Waals surface area contributed by atoms with Gasteiger partial charge in [0.25, 0.3) is 0 Å². The van der Waals surface area contributed by atoms with Crippen LogP contribution in [0.1, 0.15) is 0 Å². The van der Waals surface area contributed by atoms with Gasteiger partial charge in [0.1, 0.15) is 0 Å². The van der Waals surface area contributed by atoms with Crippen LogP contribution in [0.2, 0.25) is 0 Å². The monoisotopic (exact) mass is 623 g/mol. The number of nitrogens with zero attached hydrogens (tertiary/aromatic N) is 1. The molecule has 0 atom stereocenters. The highest BCUT2D eigenvalue weighted by Gasteiger charge is 2.14. The Morgan fingerprint density at radius 2 is 0.714 bits per heavy atom. The molecule has 9 aromatic rings. The van der Waals surface area contributed by atoms with Crippen molar-refractivity contribution in [1.29, 1.82) is 0 Å². The van der Waals surface area contributed by atoms with E-state index in [1.807, 2.05) is 0 Å². The molecule has 0 amide bonds. The van der Waals surface area contributed by atoms with E-state index >= 15 is 0 Å². The molecular weight excluding hydrogens is 591 g/mol. The maximum Gasteiger partial charge on any atom is 0.0468 e. The molecule has 230 valence electrons. The zero-order chi connectivity index (χ0) is 32.6. The molecule has 0 spiro atoms. The van der Waals surface area contributed by atoms with Crippen LogP contribution in [0.4, 0.5) is 17.1 Å². The Hall–Kier alpha value is -6.44. The lowest BCUT2D eigenvalue weighted by atomic mass is 9.95. The number of hydrogen-bond acceptors (Lipinski definition) is 1. The topological polar surface area (TPSA) is 3.24 Å². The Morgan fingerprint density at radius 3 is 1.45 bits per heavy atom. The van der Waals surface area contributed by atoms with E-state index in [2.05, 4.69) is 205 Å². The van der Waals surface area contributed by atoms with Gasteiger partial charge < -0.3 is 4.90 Å². The van der Waals surface area contributed by atoms with Crippen LogP contribution in [0.3, 0.4) is 0 Å². The molecule has 0 unspecified atom stereocenters. The quantitative estimate of drug-likeness (QED) is 0.178. The molecule has 0 aromatic heterocycles. The molecule has 0 fully saturated rings. The van der Waals surface area contributed by atoms with Crippen LogP contribution >= 0.6 is 0 Å². The van der Waals surface area contributed by atoms with Gasteiger partial charge in [-0.3, -0.25) is 0 Å². The second-order valence-electron chi connectivity index (χ2n) is 12.6. The predicted octanol–water partition coefficient (Wildman–Crippen LogP) is 13.6. The van der Waals surface area contributed by atoms with E-state index in [9.17, 15) is 0 Å². The van der Waals surface area contributed by atoms with Gasteiger partial charge >= 0.3 is 0 Å². The fourth-order valence-corrected chi connectivity index (χ4v) is 7.07. The first-order chi connectivity index (χ1) is 24.3. The fourth-order valence-electron chi connectivity index (χ4n) is 7.07. The Balaban J connectivity index is 1.06. The smallest absolute Gasteiger partial charge is 0.0468 e. The minimum Gasteiger partial charge on any atom is -0.310 e. The van der Waals surface area contributed by atoms with Crippen molar-refractivity contribution in [3.05, 3.63) is 200 Å². The van der Waals surface area contributed by atoms with Crippen molar-refractivity contribution in [3.8, 4) is 33.4 Å². The summed E-state index contributed by atoms with van der Waals surface area (Å²) in [5, 5.41) is 7.49. The lowest BCUT2D eigenvalue weighted by molar-refractivity contribution is 1.29. The molecule has 0 aliphatic rings. The zero-order valence-corrected chi connectivity index (χ0v) is 27.0. The van der Waals surface area contributed by atoms with Crippen molar-refractivity contribution in [2.24, 2.45) is 0 Å². The van der Waals surface area contributed by atoms with Crippen LogP contribution in [0.25, 0.3) is 65.7 Å². The summed E-state index contributed by atoms with van der Waals surface area (Å²) >= 11 is 0. The first-order valence-corrected chi connectivity index (χ1v) is 16.8. The second-order valence-corrected chi connectivity index (χ2v) is 12.6. The minimum absolute atomic E-state index is 1.12. The van der Waals surface area contributed by atoms with Crippen molar-refractivity contribution in [1.82, 2.24) is 0 Å².